The van der Waals surface area contributed by atoms with Gasteiger partial charge >= 0.3 is 5.97 Å². The number of hydrogen-bond donors (Lipinski definition) is 2. The number of amides is 1. The van der Waals surface area contributed by atoms with Gasteiger partial charge in [0.05, 0.1) is 37.9 Å². The van der Waals surface area contributed by atoms with Gasteiger partial charge in [-0.1, -0.05) is 18.2 Å². The van der Waals surface area contributed by atoms with Crippen molar-refractivity contribution in [3.63, 3.8) is 0 Å². The number of benzene rings is 2. The highest BCUT2D eigenvalue weighted by atomic mass is 32.2. The summed E-state index contributed by atoms with van der Waals surface area (Å²) in [5.74, 6) is -1.16. The quantitative estimate of drug-likeness (QED) is 0.448. The van der Waals surface area contributed by atoms with Crippen LogP contribution in [0, 0.1) is 0 Å². The zero-order chi connectivity index (χ0) is 22.3. The summed E-state index contributed by atoms with van der Waals surface area (Å²) in [5, 5.41) is 12.9. The highest BCUT2D eigenvalue weighted by Gasteiger charge is 2.22. The number of sulfonamides is 1. The number of anilines is 1. The second kappa shape index (κ2) is 9.74. The molecule has 0 aliphatic rings. The monoisotopic (exact) mass is 435 g/mol. The number of aromatic carboxylic acids is 1. The average Bonchev–Trinajstić information content (AvgIpc) is 2.71. The first-order valence-corrected chi connectivity index (χ1v) is 10.4. The fourth-order valence-corrected chi connectivity index (χ4v) is 3.37. The van der Waals surface area contributed by atoms with Crippen LogP contribution in [0.3, 0.4) is 0 Å². The standard InChI is InChI=1S/C19H21N3O7S/c1-28-16-9-8-14(10-17(16)29-2)22(30(3,26)27)12-18(23)21-20-11-13-6-4-5-7-15(13)19(24)25/h4-11H,12H2,1-3H3,(H,21,23)(H,24,25)/b20-11-. The molecule has 2 aromatic carbocycles. The summed E-state index contributed by atoms with van der Waals surface area (Å²) >= 11 is 0. The maximum absolute atomic E-state index is 12.3. The largest absolute Gasteiger partial charge is 0.493 e. The number of carbonyl (C=O) groups is 2. The molecule has 0 aliphatic heterocycles. The first-order chi connectivity index (χ1) is 14.2. The molecule has 2 N–H and O–H groups in total. The Hall–Kier alpha value is -3.60. The van der Waals surface area contributed by atoms with Crippen molar-refractivity contribution >= 4 is 33.8 Å². The number of hydrazone groups is 1. The molecule has 0 unspecified atom stereocenters. The van der Waals surface area contributed by atoms with E-state index < -0.39 is 28.4 Å². The molecule has 11 heteroatoms. The van der Waals surface area contributed by atoms with E-state index in [0.717, 1.165) is 10.6 Å². The summed E-state index contributed by atoms with van der Waals surface area (Å²) in [7, 11) is -0.956. The maximum atomic E-state index is 12.3. The van der Waals surface area contributed by atoms with Gasteiger partial charge in [0.15, 0.2) is 11.5 Å². The molecular weight excluding hydrogens is 414 g/mol. The first-order valence-electron chi connectivity index (χ1n) is 8.51. The molecule has 0 spiro atoms. The van der Waals surface area contributed by atoms with E-state index in [0.29, 0.717) is 11.5 Å². The summed E-state index contributed by atoms with van der Waals surface area (Å²) in [5.41, 5.74) is 2.69. The van der Waals surface area contributed by atoms with Gasteiger partial charge in [-0.3, -0.25) is 9.10 Å². The summed E-state index contributed by atoms with van der Waals surface area (Å²) in [6.45, 7) is -0.549. The number of hydrogen-bond acceptors (Lipinski definition) is 7. The third kappa shape index (κ3) is 5.70. The van der Waals surface area contributed by atoms with Crippen LogP contribution in [-0.2, 0) is 14.8 Å². The van der Waals surface area contributed by atoms with E-state index in [2.05, 4.69) is 10.5 Å². The highest BCUT2D eigenvalue weighted by molar-refractivity contribution is 7.92. The third-order valence-corrected chi connectivity index (χ3v) is 5.07. The molecule has 10 nitrogen and oxygen atoms in total. The summed E-state index contributed by atoms with van der Waals surface area (Å²) < 4.78 is 35.6. The van der Waals surface area contributed by atoms with Gasteiger partial charge < -0.3 is 14.6 Å². The van der Waals surface area contributed by atoms with Gasteiger partial charge in [-0.25, -0.2) is 18.6 Å². The van der Waals surface area contributed by atoms with Crippen LogP contribution in [0.5, 0.6) is 11.5 Å². The van der Waals surface area contributed by atoms with Crippen LogP contribution < -0.4 is 19.2 Å². The van der Waals surface area contributed by atoms with Gasteiger partial charge in [-0.05, 0) is 18.2 Å². The van der Waals surface area contributed by atoms with Crippen LogP contribution in [-0.4, -0.2) is 58.6 Å². The van der Waals surface area contributed by atoms with Crippen molar-refractivity contribution in [1.82, 2.24) is 5.43 Å². The molecule has 0 fully saturated rings. The van der Waals surface area contributed by atoms with Gasteiger partial charge in [0.1, 0.15) is 6.54 Å². The number of nitrogens with one attached hydrogen (secondary N) is 1. The third-order valence-electron chi connectivity index (χ3n) is 3.93. The van der Waals surface area contributed by atoms with Gasteiger partial charge in [0, 0.05) is 11.6 Å². The Kier molecular flexibility index (Phi) is 7.37. The minimum absolute atomic E-state index is 0.0126. The number of carboxylic acids is 1. The number of carboxylic acid groups (broad SMARTS) is 1. The number of nitrogens with zero attached hydrogens (tertiary/aromatic N) is 2. The lowest BCUT2D eigenvalue weighted by Gasteiger charge is -2.22. The predicted molar refractivity (Wildman–Crippen MR) is 111 cm³/mol. The minimum Gasteiger partial charge on any atom is -0.493 e. The van der Waals surface area contributed by atoms with Crippen molar-refractivity contribution in [2.75, 3.05) is 31.3 Å². The van der Waals surface area contributed by atoms with E-state index in [-0.39, 0.29) is 16.8 Å². The number of rotatable bonds is 9. The van der Waals surface area contributed by atoms with Crippen LogP contribution in [0.1, 0.15) is 15.9 Å². The Morgan fingerprint density at radius 2 is 1.80 bits per heavy atom. The summed E-state index contributed by atoms with van der Waals surface area (Å²) in [6, 6.07) is 10.5. The van der Waals surface area contributed by atoms with Gasteiger partial charge in [0.2, 0.25) is 10.0 Å². The van der Waals surface area contributed by atoms with E-state index >= 15 is 0 Å². The molecule has 30 heavy (non-hydrogen) atoms. The van der Waals surface area contributed by atoms with Crippen molar-refractivity contribution in [2.45, 2.75) is 0 Å². The average molecular weight is 435 g/mol. The Morgan fingerprint density at radius 3 is 2.40 bits per heavy atom. The molecule has 2 aromatic rings. The molecule has 0 saturated heterocycles. The smallest absolute Gasteiger partial charge is 0.336 e. The molecule has 0 heterocycles. The second-order valence-corrected chi connectivity index (χ2v) is 7.90. The van der Waals surface area contributed by atoms with Crippen molar-refractivity contribution in [3.05, 3.63) is 53.6 Å². The van der Waals surface area contributed by atoms with Gasteiger partial charge in [0.25, 0.3) is 5.91 Å². The number of ether oxygens (including phenoxy) is 2. The lowest BCUT2D eigenvalue weighted by Crippen LogP contribution is -2.39. The molecule has 0 atom stereocenters. The molecule has 0 bridgehead atoms. The van der Waals surface area contributed by atoms with Crippen LogP contribution in [0.2, 0.25) is 0 Å². The SMILES string of the molecule is COc1ccc(N(CC(=O)N/N=C\c2ccccc2C(=O)O)S(C)(=O)=O)cc1OC. The fourth-order valence-electron chi connectivity index (χ4n) is 2.52. The van der Waals surface area contributed by atoms with Gasteiger partial charge in [-0.15, -0.1) is 0 Å². The molecule has 0 aliphatic carbocycles. The van der Waals surface area contributed by atoms with E-state index in [4.69, 9.17) is 14.6 Å². The van der Waals surface area contributed by atoms with E-state index in [1.54, 1.807) is 12.1 Å². The van der Waals surface area contributed by atoms with Crippen molar-refractivity contribution in [1.29, 1.82) is 0 Å². The van der Waals surface area contributed by atoms with Crippen LogP contribution >= 0.6 is 0 Å². The van der Waals surface area contributed by atoms with Crippen LogP contribution in [0.4, 0.5) is 5.69 Å². The zero-order valence-electron chi connectivity index (χ0n) is 16.5. The summed E-state index contributed by atoms with van der Waals surface area (Å²) in [4.78, 5) is 23.4. The predicted octanol–water partition coefficient (Wildman–Crippen LogP) is 1.32. The zero-order valence-corrected chi connectivity index (χ0v) is 17.3. The van der Waals surface area contributed by atoms with E-state index in [9.17, 15) is 18.0 Å². The fraction of sp³-hybridized carbons (Fsp3) is 0.211. The Bertz CT molecular complexity index is 1070. The molecular formula is C19H21N3O7S. The second-order valence-electron chi connectivity index (χ2n) is 5.99. The van der Waals surface area contributed by atoms with Crippen molar-refractivity contribution < 1.29 is 32.6 Å². The minimum atomic E-state index is -3.81. The van der Waals surface area contributed by atoms with E-state index in [1.807, 2.05) is 0 Å². The Labute approximate surface area is 173 Å². The molecule has 2 rings (SSSR count). The number of carbonyl (C=O) groups excluding carboxylic acids is 1. The van der Waals surface area contributed by atoms with Crippen LogP contribution in [0.25, 0.3) is 0 Å². The molecule has 1 amide bonds. The molecule has 0 aromatic heterocycles. The Balaban J connectivity index is 2.19. The maximum Gasteiger partial charge on any atom is 0.336 e. The first kappa shape index (κ1) is 22.7. The van der Waals surface area contributed by atoms with Crippen molar-refractivity contribution in [2.24, 2.45) is 5.10 Å². The summed E-state index contributed by atoms with van der Waals surface area (Å²) in [6.07, 6.45) is 2.13. The molecule has 0 saturated carbocycles. The lowest BCUT2D eigenvalue weighted by atomic mass is 10.1. The van der Waals surface area contributed by atoms with Gasteiger partial charge in [-0.2, -0.15) is 5.10 Å². The highest BCUT2D eigenvalue weighted by Crippen LogP contribution is 2.32. The normalized spacial score (nSPS) is 11.2. The topological polar surface area (TPSA) is 135 Å². The molecule has 0 radical (unpaired) electrons. The Morgan fingerprint density at radius 1 is 1.13 bits per heavy atom. The lowest BCUT2D eigenvalue weighted by molar-refractivity contribution is -0.119. The van der Waals surface area contributed by atoms with E-state index in [1.165, 1.54) is 50.8 Å². The number of methoxy groups -OCH3 is 2. The van der Waals surface area contributed by atoms with Crippen LogP contribution in [0.15, 0.2) is 47.6 Å². The molecule has 160 valence electrons. The van der Waals surface area contributed by atoms with Crippen molar-refractivity contribution in [3.8, 4) is 11.5 Å².